The van der Waals surface area contributed by atoms with Gasteiger partial charge in [-0.25, -0.2) is 0 Å². The first-order valence-corrected chi connectivity index (χ1v) is 8.47. The van der Waals surface area contributed by atoms with E-state index >= 15 is 0 Å². The molecule has 0 radical (unpaired) electrons. The molecular weight excluding hydrogens is 344 g/mol. The minimum atomic E-state index is -0.335. The molecule has 0 aliphatic heterocycles. The molecule has 0 saturated heterocycles. The largest absolute Gasteiger partial charge is 0.483 e. The monoisotopic (exact) mass is 364 g/mol. The predicted molar refractivity (Wildman–Crippen MR) is 103 cm³/mol. The third-order valence-corrected chi connectivity index (χ3v) is 4.09. The number of benzene rings is 2. The molecule has 1 aromatic heterocycles. The number of hydrogen-bond donors (Lipinski definition) is 2. The fraction of sp³-hybridized carbons (Fsp3) is 0.143. The molecule has 0 bridgehead atoms. The molecule has 1 heterocycles. The van der Waals surface area contributed by atoms with E-state index in [9.17, 15) is 9.59 Å². The van der Waals surface area contributed by atoms with Gasteiger partial charge in [-0.2, -0.15) is 0 Å². The fourth-order valence-electron chi connectivity index (χ4n) is 2.46. The van der Waals surface area contributed by atoms with Gasteiger partial charge in [0.25, 0.3) is 11.8 Å². The lowest BCUT2D eigenvalue weighted by Crippen LogP contribution is -2.20. The van der Waals surface area contributed by atoms with Crippen LogP contribution in [0.4, 0.5) is 11.4 Å². The van der Waals surface area contributed by atoms with Crippen molar-refractivity contribution in [1.29, 1.82) is 0 Å². The van der Waals surface area contributed by atoms with Crippen LogP contribution in [0, 0.1) is 13.8 Å². The summed E-state index contributed by atoms with van der Waals surface area (Å²) < 4.78 is 10.6. The Morgan fingerprint density at radius 2 is 1.63 bits per heavy atom. The second kappa shape index (κ2) is 8.23. The molecule has 0 atom stereocenters. The normalized spacial score (nSPS) is 10.3. The Bertz CT molecular complexity index is 931. The topological polar surface area (TPSA) is 80.6 Å². The first-order valence-electron chi connectivity index (χ1n) is 8.47. The van der Waals surface area contributed by atoms with Crippen LogP contribution in [0.1, 0.15) is 21.7 Å². The number of nitrogens with one attached hydrogen (secondary N) is 2. The minimum Gasteiger partial charge on any atom is -0.483 e. The van der Waals surface area contributed by atoms with Crippen molar-refractivity contribution in [2.24, 2.45) is 0 Å². The first-order chi connectivity index (χ1) is 13.0. The molecule has 0 aliphatic rings. The van der Waals surface area contributed by atoms with Gasteiger partial charge >= 0.3 is 0 Å². The van der Waals surface area contributed by atoms with Crippen LogP contribution in [0.15, 0.2) is 65.3 Å². The van der Waals surface area contributed by atoms with Crippen molar-refractivity contribution in [2.75, 3.05) is 17.2 Å². The van der Waals surface area contributed by atoms with Crippen LogP contribution < -0.4 is 15.4 Å². The van der Waals surface area contributed by atoms with Gasteiger partial charge in [0.15, 0.2) is 12.4 Å². The van der Waals surface area contributed by atoms with Gasteiger partial charge in [0.1, 0.15) is 5.75 Å². The number of ether oxygens (including phenoxy) is 1. The Morgan fingerprint density at radius 3 is 2.30 bits per heavy atom. The smallest absolute Gasteiger partial charge is 0.291 e. The Hall–Kier alpha value is -3.54. The molecule has 6 nitrogen and oxygen atoms in total. The summed E-state index contributed by atoms with van der Waals surface area (Å²) in [5.74, 6) is 0.332. The highest BCUT2D eigenvalue weighted by Gasteiger charge is 2.09. The van der Waals surface area contributed by atoms with Gasteiger partial charge in [-0.1, -0.05) is 12.1 Å². The van der Waals surface area contributed by atoms with Crippen LogP contribution in [-0.4, -0.2) is 18.4 Å². The van der Waals surface area contributed by atoms with E-state index in [0.29, 0.717) is 17.1 Å². The van der Waals surface area contributed by atoms with Crippen molar-refractivity contribution in [1.82, 2.24) is 0 Å². The highest BCUT2D eigenvalue weighted by atomic mass is 16.5. The molecule has 2 amide bonds. The molecule has 0 fully saturated rings. The number of anilines is 2. The molecule has 27 heavy (non-hydrogen) atoms. The van der Waals surface area contributed by atoms with Crippen molar-refractivity contribution in [3.63, 3.8) is 0 Å². The number of carbonyl (C=O) groups excluding carboxylic acids is 2. The molecule has 0 spiro atoms. The third kappa shape index (κ3) is 4.76. The summed E-state index contributed by atoms with van der Waals surface area (Å²) in [4.78, 5) is 24.0. The standard InChI is InChI=1S/C21H20N2O4/c1-14-5-3-6-18(15(14)2)27-13-20(24)22-16-8-10-17(11-9-16)23-21(25)19-7-4-12-26-19/h3-12H,13H2,1-2H3,(H,22,24)(H,23,25). The summed E-state index contributed by atoms with van der Waals surface area (Å²) in [6.45, 7) is 3.87. The van der Waals surface area contributed by atoms with Crippen molar-refractivity contribution in [3.8, 4) is 5.75 Å². The van der Waals surface area contributed by atoms with Crippen molar-refractivity contribution >= 4 is 23.2 Å². The van der Waals surface area contributed by atoms with Gasteiger partial charge in [0, 0.05) is 11.4 Å². The summed E-state index contributed by atoms with van der Waals surface area (Å²) >= 11 is 0. The van der Waals surface area contributed by atoms with E-state index in [1.54, 1.807) is 36.4 Å². The number of rotatable bonds is 6. The summed E-state index contributed by atoms with van der Waals surface area (Å²) in [5, 5.41) is 5.47. The molecule has 0 saturated carbocycles. The maximum Gasteiger partial charge on any atom is 0.291 e. The molecule has 138 valence electrons. The third-order valence-electron chi connectivity index (χ3n) is 4.09. The minimum absolute atomic E-state index is 0.0821. The summed E-state index contributed by atoms with van der Waals surface area (Å²) in [5.41, 5.74) is 3.34. The maximum atomic E-state index is 12.1. The van der Waals surface area contributed by atoms with Gasteiger partial charge in [0.05, 0.1) is 6.26 Å². The molecule has 0 aliphatic carbocycles. The van der Waals surface area contributed by atoms with E-state index in [1.807, 2.05) is 32.0 Å². The fourth-order valence-corrected chi connectivity index (χ4v) is 2.46. The van der Waals surface area contributed by atoms with E-state index in [-0.39, 0.29) is 24.2 Å². The van der Waals surface area contributed by atoms with Gasteiger partial charge < -0.3 is 19.8 Å². The zero-order chi connectivity index (χ0) is 19.2. The number of amides is 2. The van der Waals surface area contributed by atoms with Crippen LogP contribution >= 0.6 is 0 Å². The summed E-state index contributed by atoms with van der Waals surface area (Å²) in [7, 11) is 0. The Balaban J connectivity index is 1.52. The van der Waals surface area contributed by atoms with E-state index in [4.69, 9.17) is 9.15 Å². The van der Waals surface area contributed by atoms with Crippen LogP contribution in [-0.2, 0) is 4.79 Å². The van der Waals surface area contributed by atoms with Crippen LogP contribution in [0.25, 0.3) is 0 Å². The van der Waals surface area contributed by atoms with Gasteiger partial charge in [-0.3, -0.25) is 9.59 Å². The number of furan rings is 1. The van der Waals surface area contributed by atoms with E-state index < -0.39 is 0 Å². The molecule has 6 heteroatoms. The summed E-state index contributed by atoms with van der Waals surface area (Å²) in [6, 6.07) is 15.8. The van der Waals surface area contributed by atoms with Crippen LogP contribution in [0.2, 0.25) is 0 Å². The lowest BCUT2D eigenvalue weighted by atomic mass is 10.1. The zero-order valence-electron chi connectivity index (χ0n) is 15.1. The number of carbonyl (C=O) groups is 2. The van der Waals surface area contributed by atoms with Crippen molar-refractivity contribution in [3.05, 3.63) is 77.7 Å². The van der Waals surface area contributed by atoms with E-state index in [0.717, 1.165) is 11.1 Å². The van der Waals surface area contributed by atoms with Crippen LogP contribution in [0.5, 0.6) is 5.75 Å². The average Bonchev–Trinajstić information content (AvgIpc) is 3.19. The molecule has 2 aromatic carbocycles. The lowest BCUT2D eigenvalue weighted by Gasteiger charge is -2.11. The quantitative estimate of drug-likeness (QED) is 0.688. The first kappa shape index (κ1) is 18.3. The number of aryl methyl sites for hydroxylation is 1. The Morgan fingerprint density at radius 1 is 0.926 bits per heavy atom. The lowest BCUT2D eigenvalue weighted by molar-refractivity contribution is -0.118. The molecule has 3 rings (SSSR count). The second-order valence-electron chi connectivity index (χ2n) is 6.04. The molecular formula is C21H20N2O4. The van der Waals surface area contributed by atoms with E-state index in [1.165, 1.54) is 6.26 Å². The highest BCUT2D eigenvalue weighted by Crippen LogP contribution is 2.20. The van der Waals surface area contributed by atoms with Gasteiger partial charge in [-0.05, 0) is 67.4 Å². The van der Waals surface area contributed by atoms with E-state index in [2.05, 4.69) is 10.6 Å². The Kier molecular flexibility index (Phi) is 5.56. The summed E-state index contributed by atoms with van der Waals surface area (Å²) in [6.07, 6.45) is 1.44. The molecule has 2 N–H and O–H groups in total. The molecule has 3 aromatic rings. The molecule has 0 unspecified atom stereocenters. The highest BCUT2D eigenvalue weighted by molar-refractivity contribution is 6.02. The van der Waals surface area contributed by atoms with Crippen molar-refractivity contribution in [2.45, 2.75) is 13.8 Å². The van der Waals surface area contributed by atoms with Crippen molar-refractivity contribution < 1.29 is 18.7 Å². The maximum absolute atomic E-state index is 12.1. The van der Waals surface area contributed by atoms with Gasteiger partial charge in [0.2, 0.25) is 0 Å². The van der Waals surface area contributed by atoms with Crippen LogP contribution in [0.3, 0.4) is 0 Å². The Labute approximate surface area is 157 Å². The average molecular weight is 364 g/mol. The SMILES string of the molecule is Cc1cccc(OCC(=O)Nc2ccc(NC(=O)c3ccco3)cc2)c1C. The predicted octanol–water partition coefficient (Wildman–Crippen LogP) is 4.17. The second-order valence-corrected chi connectivity index (χ2v) is 6.04. The van der Waals surface area contributed by atoms with Gasteiger partial charge in [-0.15, -0.1) is 0 Å². The number of hydrogen-bond acceptors (Lipinski definition) is 4. The zero-order valence-corrected chi connectivity index (χ0v) is 15.1.